The third-order valence-electron chi connectivity index (χ3n) is 2.43. The van der Waals surface area contributed by atoms with Gasteiger partial charge in [-0.3, -0.25) is 4.98 Å². The fourth-order valence-corrected chi connectivity index (χ4v) is 1.55. The van der Waals surface area contributed by atoms with Gasteiger partial charge in [0.15, 0.2) is 0 Å². The van der Waals surface area contributed by atoms with E-state index in [0.717, 1.165) is 37.5 Å². The molecule has 0 radical (unpaired) electrons. The Morgan fingerprint density at radius 1 is 1.50 bits per heavy atom. The van der Waals surface area contributed by atoms with E-state index in [1.54, 1.807) is 7.11 Å². The fraction of sp³-hybridized carbons (Fsp3) is 0.583. The molecule has 16 heavy (non-hydrogen) atoms. The summed E-state index contributed by atoms with van der Waals surface area (Å²) < 4.78 is 5.03. The van der Waals surface area contributed by atoms with E-state index >= 15 is 0 Å². The van der Waals surface area contributed by atoms with Gasteiger partial charge in [-0.15, -0.1) is 0 Å². The zero-order valence-electron chi connectivity index (χ0n) is 10.4. The number of aromatic nitrogens is 1. The molecule has 0 fully saturated rings. The summed E-state index contributed by atoms with van der Waals surface area (Å²) in [6, 6.07) is 4.04. The van der Waals surface area contributed by atoms with Crippen molar-refractivity contribution in [3.05, 3.63) is 24.0 Å². The standard InChI is InChI=1S/C12H21N3O/c1-13-11-5-6-14-12(9-11)10-15(2)7-4-8-16-3/h5-6,9H,4,7-8,10H2,1-3H3,(H,13,14). The Hall–Kier alpha value is -1.13. The molecule has 1 aromatic rings. The normalized spacial score (nSPS) is 10.8. The first kappa shape index (κ1) is 12.9. The number of pyridine rings is 1. The molecule has 0 aliphatic rings. The molecular weight excluding hydrogens is 202 g/mol. The van der Waals surface area contributed by atoms with Crippen LogP contribution in [-0.2, 0) is 11.3 Å². The second kappa shape index (κ2) is 7.19. The van der Waals surface area contributed by atoms with Crippen LogP contribution >= 0.6 is 0 Å². The zero-order chi connectivity index (χ0) is 11.8. The number of rotatable bonds is 7. The molecule has 0 amide bonds. The van der Waals surface area contributed by atoms with Gasteiger partial charge in [0.05, 0.1) is 5.69 Å². The minimum Gasteiger partial charge on any atom is -0.388 e. The average molecular weight is 223 g/mol. The molecule has 0 aromatic carbocycles. The number of hydrogen-bond acceptors (Lipinski definition) is 4. The van der Waals surface area contributed by atoms with Crippen molar-refractivity contribution in [1.29, 1.82) is 0 Å². The highest BCUT2D eigenvalue weighted by Crippen LogP contribution is 2.08. The molecule has 0 bridgehead atoms. The average Bonchev–Trinajstić information content (AvgIpc) is 2.29. The van der Waals surface area contributed by atoms with Crippen molar-refractivity contribution in [2.24, 2.45) is 0 Å². The van der Waals surface area contributed by atoms with E-state index in [1.807, 2.05) is 19.3 Å². The van der Waals surface area contributed by atoms with Crippen molar-refractivity contribution >= 4 is 5.69 Å². The van der Waals surface area contributed by atoms with Crippen LogP contribution in [0.3, 0.4) is 0 Å². The van der Waals surface area contributed by atoms with Gasteiger partial charge in [0.2, 0.25) is 0 Å². The van der Waals surface area contributed by atoms with Crippen LogP contribution in [0.15, 0.2) is 18.3 Å². The van der Waals surface area contributed by atoms with Crippen LogP contribution in [0.4, 0.5) is 5.69 Å². The number of methoxy groups -OCH3 is 1. The molecule has 0 aliphatic heterocycles. The molecule has 1 heterocycles. The lowest BCUT2D eigenvalue weighted by atomic mass is 10.3. The van der Waals surface area contributed by atoms with Crippen molar-refractivity contribution in [2.75, 3.05) is 39.7 Å². The monoisotopic (exact) mass is 223 g/mol. The lowest BCUT2D eigenvalue weighted by Gasteiger charge is -2.16. The van der Waals surface area contributed by atoms with Crippen molar-refractivity contribution in [3.63, 3.8) is 0 Å². The molecule has 0 unspecified atom stereocenters. The maximum Gasteiger partial charge on any atom is 0.0564 e. The van der Waals surface area contributed by atoms with Gasteiger partial charge in [-0.1, -0.05) is 0 Å². The van der Waals surface area contributed by atoms with Crippen LogP contribution in [0.25, 0.3) is 0 Å². The highest BCUT2D eigenvalue weighted by atomic mass is 16.5. The summed E-state index contributed by atoms with van der Waals surface area (Å²) in [5.74, 6) is 0. The Labute approximate surface area is 97.6 Å². The van der Waals surface area contributed by atoms with E-state index in [2.05, 4.69) is 28.3 Å². The molecule has 0 aliphatic carbocycles. The molecule has 4 nitrogen and oxygen atoms in total. The topological polar surface area (TPSA) is 37.4 Å². The summed E-state index contributed by atoms with van der Waals surface area (Å²) in [6.45, 7) is 2.72. The van der Waals surface area contributed by atoms with E-state index in [-0.39, 0.29) is 0 Å². The van der Waals surface area contributed by atoms with Crippen molar-refractivity contribution in [3.8, 4) is 0 Å². The molecule has 0 saturated carbocycles. The highest BCUT2D eigenvalue weighted by Gasteiger charge is 2.01. The number of ether oxygens (including phenoxy) is 1. The quantitative estimate of drug-likeness (QED) is 0.712. The molecule has 0 saturated heterocycles. The van der Waals surface area contributed by atoms with Crippen LogP contribution < -0.4 is 5.32 Å². The first-order valence-corrected chi connectivity index (χ1v) is 5.56. The number of nitrogens with one attached hydrogen (secondary N) is 1. The van der Waals surface area contributed by atoms with Crippen LogP contribution in [0.2, 0.25) is 0 Å². The lowest BCUT2D eigenvalue weighted by molar-refractivity contribution is 0.178. The van der Waals surface area contributed by atoms with E-state index in [0.29, 0.717) is 0 Å². The second-order valence-electron chi connectivity index (χ2n) is 3.87. The Morgan fingerprint density at radius 3 is 3.00 bits per heavy atom. The largest absolute Gasteiger partial charge is 0.388 e. The van der Waals surface area contributed by atoms with Gasteiger partial charge in [-0.2, -0.15) is 0 Å². The predicted molar refractivity (Wildman–Crippen MR) is 66.6 cm³/mol. The highest BCUT2D eigenvalue weighted by molar-refractivity contribution is 5.42. The van der Waals surface area contributed by atoms with Crippen LogP contribution in [-0.4, -0.2) is 44.2 Å². The zero-order valence-corrected chi connectivity index (χ0v) is 10.4. The Balaban J connectivity index is 2.39. The smallest absolute Gasteiger partial charge is 0.0564 e. The maximum atomic E-state index is 5.03. The van der Waals surface area contributed by atoms with Gasteiger partial charge in [0.25, 0.3) is 0 Å². The maximum absolute atomic E-state index is 5.03. The number of nitrogens with zero attached hydrogens (tertiary/aromatic N) is 2. The molecule has 1 aromatic heterocycles. The SMILES string of the molecule is CNc1ccnc(CN(C)CCCOC)c1. The van der Waals surface area contributed by atoms with E-state index in [4.69, 9.17) is 4.74 Å². The molecule has 1 rings (SSSR count). The van der Waals surface area contributed by atoms with Gasteiger partial charge in [0.1, 0.15) is 0 Å². The summed E-state index contributed by atoms with van der Waals surface area (Å²) in [6.07, 6.45) is 2.89. The summed E-state index contributed by atoms with van der Waals surface area (Å²) >= 11 is 0. The summed E-state index contributed by atoms with van der Waals surface area (Å²) in [4.78, 5) is 6.59. The van der Waals surface area contributed by atoms with E-state index in [1.165, 1.54) is 0 Å². The van der Waals surface area contributed by atoms with Gasteiger partial charge >= 0.3 is 0 Å². The van der Waals surface area contributed by atoms with E-state index < -0.39 is 0 Å². The number of hydrogen-bond donors (Lipinski definition) is 1. The molecule has 1 N–H and O–H groups in total. The summed E-state index contributed by atoms with van der Waals surface area (Å²) in [5.41, 5.74) is 2.20. The van der Waals surface area contributed by atoms with Crippen LogP contribution in [0, 0.1) is 0 Å². The predicted octanol–water partition coefficient (Wildman–Crippen LogP) is 1.59. The molecule has 0 atom stereocenters. The Kier molecular flexibility index (Phi) is 5.82. The summed E-state index contributed by atoms with van der Waals surface area (Å²) in [7, 11) is 5.75. The van der Waals surface area contributed by atoms with Gasteiger partial charge in [0, 0.05) is 45.7 Å². The fourth-order valence-electron chi connectivity index (χ4n) is 1.55. The second-order valence-corrected chi connectivity index (χ2v) is 3.87. The lowest BCUT2D eigenvalue weighted by Crippen LogP contribution is -2.20. The van der Waals surface area contributed by atoms with E-state index in [9.17, 15) is 0 Å². The first-order chi connectivity index (χ1) is 7.76. The Bertz CT molecular complexity index is 304. The first-order valence-electron chi connectivity index (χ1n) is 5.56. The van der Waals surface area contributed by atoms with Crippen molar-refractivity contribution in [2.45, 2.75) is 13.0 Å². The Morgan fingerprint density at radius 2 is 2.31 bits per heavy atom. The summed E-state index contributed by atoms with van der Waals surface area (Å²) in [5, 5.41) is 3.11. The van der Waals surface area contributed by atoms with Gasteiger partial charge in [-0.05, 0) is 25.6 Å². The molecule has 0 spiro atoms. The van der Waals surface area contributed by atoms with Crippen molar-refractivity contribution in [1.82, 2.24) is 9.88 Å². The van der Waals surface area contributed by atoms with Crippen LogP contribution in [0.5, 0.6) is 0 Å². The van der Waals surface area contributed by atoms with Gasteiger partial charge < -0.3 is 15.0 Å². The minimum atomic E-state index is 0.814. The van der Waals surface area contributed by atoms with Crippen molar-refractivity contribution < 1.29 is 4.74 Å². The third kappa shape index (κ3) is 4.59. The molecular formula is C12H21N3O. The van der Waals surface area contributed by atoms with Crippen LogP contribution in [0.1, 0.15) is 12.1 Å². The molecule has 90 valence electrons. The molecule has 4 heteroatoms. The number of anilines is 1. The van der Waals surface area contributed by atoms with Gasteiger partial charge in [-0.25, -0.2) is 0 Å². The minimum absolute atomic E-state index is 0.814. The third-order valence-corrected chi connectivity index (χ3v) is 2.43.